The van der Waals surface area contributed by atoms with E-state index in [4.69, 9.17) is 9.15 Å². The molecule has 0 saturated heterocycles. The second-order valence-electron chi connectivity index (χ2n) is 3.95. The lowest BCUT2D eigenvalue weighted by Gasteiger charge is -2.26. The molecule has 0 spiro atoms. The molecule has 1 heterocycles. The Morgan fingerprint density at radius 3 is 2.65 bits per heavy atom. The van der Waals surface area contributed by atoms with Crippen molar-refractivity contribution < 1.29 is 9.15 Å². The SMILES string of the molecule is CCCC(OCC)C(NCC)c1occc1Br. The van der Waals surface area contributed by atoms with E-state index in [2.05, 4.69) is 35.1 Å². The van der Waals surface area contributed by atoms with E-state index in [1.807, 2.05) is 13.0 Å². The standard InChI is InChI=1S/C13H22BrNO2/c1-4-7-11(16-6-3)12(15-5-2)13-10(14)8-9-17-13/h8-9,11-12,15H,4-7H2,1-3H3. The van der Waals surface area contributed by atoms with Gasteiger partial charge in [0, 0.05) is 6.61 Å². The summed E-state index contributed by atoms with van der Waals surface area (Å²) >= 11 is 3.52. The van der Waals surface area contributed by atoms with Gasteiger partial charge in [0.2, 0.25) is 0 Å². The van der Waals surface area contributed by atoms with Crippen LogP contribution in [0.25, 0.3) is 0 Å². The van der Waals surface area contributed by atoms with Gasteiger partial charge in [-0.1, -0.05) is 20.3 Å². The molecule has 0 aliphatic heterocycles. The summed E-state index contributed by atoms with van der Waals surface area (Å²) in [4.78, 5) is 0. The van der Waals surface area contributed by atoms with Gasteiger partial charge in [0.25, 0.3) is 0 Å². The molecule has 0 radical (unpaired) electrons. The van der Waals surface area contributed by atoms with Gasteiger partial charge >= 0.3 is 0 Å². The third-order valence-electron chi connectivity index (χ3n) is 2.68. The zero-order valence-corrected chi connectivity index (χ0v) is 12.4. The maximum absolute atomic E-state index is 5.83. The number of hydrogen-bond donors (Lipinski definition) is 1. The van der Waals surface area contributed by atoms with Crippen molar-refractivity contribution in [3.8, 4) is 0 Å². The highest BCUT2D eigenvalue weighted by Crippen LogP contribution is 2.29. The number of nitrogens with one attached hydrogen (secondary N) is 1. The summed E-state index contributed by atoms with van der Waals surface area (Å²) in [5.41, 5.74) is 0. The Balaban J connectivity index is 2.85. The molecule has 98 valence electrons. The molecule has 3 nitrogen and oxygen atoms in total. The Hall–Kier alpha value is -0.320. The van der Waals surface area contributed by atoms with Gasteiger partial charge in [0.1, 0.15) is 5.76 Å². The van der Waals surface area contributed by atoms with Crippen LogP contribution in [0, 0.1) is 0 Å². The molecule has 2 atom stereocenters. The second kappa shape index (κ2) is 7.90. The lowest BCUT2D eigenvalue weighted by atomic mass is 10.0. The topological polar surface area (TPSA) is 34.4 Å². The second-order valence-corrected chi connectivity index (χ2v) is 4.80. The van der Waals surface area contributed by atoms with Crippen LogP contribution in [0.15, 0.2) is 21.2 Å². The van der Waals surface area contributed by atoms with Gasteiger partial charge in [0.15, 0.2) is 0 Å². The molecule has 2 unspecified atom stereocenters. The predicted octanol–water partition coefficient (Wildman–Crippen LogP) is 3.90. The van der Waals surface area contributed by atoms with Crippen molar-refractivity contribution in [1.82, 2.24) is 5.32 Å². The highest BCUT2D eigenvalue weighted by molar-refractivity contribution is 9.10. The summed E-state index contributed by atoms with van der Waals surface area (Å²) in [5.74, 6) is 0.929. The van der Waals surface area contributed by atoms with E-state index in [-0.39, 0.29) is 12.1 Å². The molecule has 0 aromatic carbocycles. The normalized spacial score (nSPS) is 14.8. The van der Waals surface area contributed by atoms with E-state index in [9.17, 15) is 0 Å². The van der Waals surface area contributed by atoms with Crippen LogP contribution in [0.4, 0.5) is 0 Å². The Morgan fingerprint density at radius 2 is 2.18 bits per heavy atom. The van der Waals surface area contributed by atoms with Gasteiger partial charge in [-0.05, 0) is 41.9 Å². The average molecular weight is 304 g/mol. The smallest absolute Gasteiger partial charge is 0.137 e. The molecular weight excluding hydrogens is 282 g/mol. The molecule has 0 amide bonds. The number of furan rings is 1. The fraction of sp³-hybridized carbons (Fsp3) is 0.692. The van der Waals surface area contributed by atoms with E-state index < -0.39 is 0 Å². The largest absolute Gasteiger partial charge is 0.466 e. The first kappa shape index (κ1) is 14.7. The molecule has 1 aromatic rings. The minimum atomic E-state index is 0.115. The Morgan fingerprint density at radius 1 is 1.41 bits per heavy atom. The minimum absolute atomic E-state index is 0.115. The first-order valence-corrected chi connectivity index (χ1v) is 7.11. The van der Waals surface area contributed by atoms with Crippen molar-refractivity contribution >= 4 is 15.9 Å². The van der Waals surface area contributed by atoms with E-state index in [0.717, 1.165) is 36.2 Å². The molecule has 17 heavy (non-hydrogen) atoms. The van der Waals surface area contributed by atoms with Crippen LogP contribution < -0.4 is 5.32 Å². The molecular formula is C13H22BrNO2. The molecule has 4 heteroatoms. The number of likely N-dealkylation sites (N-methyl/N-ethyl adjacent to an activating group) is 1. The van der Waals surface area contributed by atoms with E-state index in [0.29, 0.717) is 0 Å². The van der Waals surface area contributed by atoms with E-state index in [1.54, 1.807) is 6.26 Å². The summed E-state index contributed by atoms with van der Waals surface area (Å²) in [7, 11) is 0. The van der Waals surface area contributed by atoms with E-state index >= 15 is 0 Å². The van der Waals surface area contributed by atoms with Crippen LogP contribution in [-0.2, 0) is 4.74 Å². The first-order valence-electron chi connectivity index (χ1n) is 6.32. The Bertz CT molecular complexity index is 308. The van der Waals surface area contributed by atoms with Crippen molar-refractivity contribution in [2.45, 2.75) is 45.8 Å². The van der Waals surface area contributed by atoms with Gasteiger partial charge in [-0.3, -0.25) is 0 Å². The Kier molecular flexibility index (Phi) is 6.85. The number of ether oxygens (including phenoxy) is 1. The highest BCUT2D eigenvalue weighted by atomic mass is 79.9. The van der Waals surface area contributed by atoms with E-state index in [1.165, 1.54) is 0 Å². The molecule has 0 fully saturated rings. The molecule has 0 saturated carbocycles. The van der Waals surface area contributed by atoms with Crippen LogP contribution in [-0.4, -0.2) is 19.3 Å². The summed E-state index contributed by atoms with van der Waals surface area (Å²) in [6.07, 6.45) is 4.00. The molecule has 1 N–H and O–H groups in total. The molecule has 1 rings (SSSR count). The van der Waals surface area contributed by atoms with Crippen LogP contribution in [0.2, 0.25) is 0 Å². The third-order valence-corrected chi connectivity index (χ3v) is 3.33. The lowest BCUT2D eigenvalue weighted by Crippen LogP contribution is -2.34. The summed E-state index contributed by atoms with van der Waals surface area (Å²) in [5, 5.41) is 3.45. The first-order chi connectivity index (χ1) is 8.24. The Labute approximate surface area is 112 Å². The summed E-state index contributed by atoms with van der Waals surface area (Å²) in [6.45, 7) is 7.92. The number of hydrogen-bond acceptors (Lipinski definition) is 3. The maximum Gasteiger partial charge on any atom is 0.137 e. The van der Waals surface area contributed by atoms with Crippen molar-refractivity contribution in [3.05, 3.63) is 22.6 Å². The monoisotopic (exact) mass is 303 g/mol. The molecule has 1 aromatic heterocycles. The zero-order valence-electron chi connectivity index (χ0n) is 10.8. The van der Waals surface area contributed by atoms with Crippen molar-refractivity contribution in [3.63, 3.8) is 0 Å². The van der Waals surface area contributed by atoms with Crippen LogP contribution in [0.1, 0.15) is 45.4 Å². The zero-order chi connectivity index (χ0) is 12.7. The van der Waals surface area contributed by atoms with Gasteiger partial charge in [0.05, 0.1) is 22.9 Å². The van der Waals surface area contributed by atoms with Crippen LogP contribution >= 0.6 is 15.9 Å². The quantitative estimate of drug-likeness (QED) is 0.791. The lowest BCUT2D eigenvalue weighted by molar-refractivity contribution is 0.0223. The van der Waals surface area contributed by atoms with Crippen LogP contribution in [0.5, 0.6) is 0 Å². The minimum Gasteiger partial charge on any atom is -0.466 e. The molecule has 0 aliphatic carbocycles. The van der Waals surface area contributed by atoms with Gasteiger partial charge in [-0.2, -0.15) is 0 Å². The van der Waals surface area contributed by atoms with Gasteiger partial charge in [-0.25, -0.2) is 0 Å². The summed E-state index contributed by atoms with van der Waals surface area (Å²) < 4.78 is 12.4. The van der Waals surface area contributed by atoms with Crippen LogP contribution in [0.3, 0.4) is 0 Å². The van der Waals surface area contributed by atoms with Crippen molar-refractivity contribution in [1.29, 1.82) is 0 Å². The molecule has 0 aliphatic rings. The maximum atomic E-state index is 5.83. The fourth-order valence-electron chi connectivity index (χ4n) is 1.99. The highest BCUT2D eigenvalue weighted by Gasteiger charge is 2.26. The van der Waals surface area contributed by atoms with Gasteiger partial charge < -0.3 is 14.5 Å². The third kappa shape index (κ3) is 4.12. The van der Waals surface area contributed by atoms with Crippen molar-refractivity contribution in [2.24, 2.45) is 0 Å². The number of halogens is 1. The predicted molar refractivity (Wildman–Crippen MR) is 73.1 cm³/mol. The summed E-state index contributed by atoms with van der Waals surface area (Å²) in [6, 6.07) is 2.04. The fourth-order valence-corrected chi connectivity index (χ4v) is 2.43. The van der Waals surface area contributed by atoms with Crippen molar-refractivity contribution in [2.75, 3.05) is 13.2 Å². The molecule has 0 bridgehead atoms. The van der Waals surface area contributed by atoms with Gasteiger partial charge in [-0.15, -0.1) is 0 Å². The average Bonchev–Trinajstić information content (AvgIpc) is 2.72. The number of rotatable bonds is 8.